The highest BCUT2D eigenvalue weighted by molar-refractivity contribution is 6.30. The first kappa shape index (κ1) is 17.1. The third kappa shape index (κ3) is 3.51. The SMILES string of the molecule is CCC1CCCCN1C(=O)CN1CCN(c2cccc(Cl)c2)C1=O. The van der Waals surface area contributed by atoms with E-state index in [-0.39, 0.29) is 18.5 Å². The van der Waals surface area contributed by atoms with Gasteiger partial charge in [-0.1, -0.05) is 24.6 Å². The van der Waals surface area contributed by atoms with Gasteiger partial charge in [-0.3, -0.25) is 9.69 Å². The van der Waals surface area contributed by atoms with Gasteiger partial charge in [-0.15, -0.1) is 0 Å². The quantitative estimate of drug-likeness (QED) is 0.836. The first-order valence-corrected chi connectivity index (χ1v) is 9.09. The Morgan fingerprint density at radius 1 is 1.25 bits per heavy atom. The lowest BCUT2D eigenvalue weighted by Gasteiger charge is -2.36. The highest BCUT2D eigenvalue weighted by atomic mass is 35.5. The largest absolute Gasteiger partial charge is 0.338 e. The monoisotopic (exact) mass is 349 g/mol. The number of carbonyl (C=O) groups excluding carboxylic acids is 2. The van der Waals surface area contributed by atoms with Crippen molar-refractivity contribution in [2.45, 2.75) is 38.6 Å². The van der Waals surface area contributed by atoms with Crippen LogP contribution in [-0.2, 0) is 4.79 Å². The predicted molar refractivity (Wildman–Crippen MR) is 95.4 cm³/mol. The third-order valence-electron chi connectivity index (χ3n) is 4.96. The van der Waals surface area contributed by atoms with Crippen LogP contribution < -0.4 is 4.90 Å². The number of urea groups is 1. The average Bonchev–Trinajstić information content (AvgIpc) is 2.95. The molecule has 2 heterocycles. The van der Waals surface area contributed by atoms with Crippen LogP contribution in [0.5, 0.6) is 0 Å². The summed E-state index contributed by atoms with van der Waals surface area (Å²) in [6, 6.07) is 7.48. The molecule has 0 N–H and O–H groups in total. The van der Waals surface area contributed by atoms with Crippen LogP contribution >= 0.6 is 11.6 Å². The summed E-state index contributed by atoms with van der Waals surface area (Å²) in [5.74, 6) is 0.0721. The van der Waals surface area contributed by atoms with Gasteiger partial charge in [0.2, 0.25) is 5.91 Å². The lowest BCUT2D eigenvalue weighted by molar-refractivity contribution is -0.135. The fourth-order valence-corrected chi connectivity index (χ4v) is 3.80. The van der Waals surface area contributed by atoms with Crippen LogP contribution in [-0.4, -0.2) is 54.0 Å². The number of hydrogen-bond donors (Lipinski definition) is 0. The third-order valence-corrected chi connectivity index (χ3v) is 5.19. The van der Waals surface area contributed by atoms with Crippen LogP contribution in [0.15, 0.2) is 24.3 Å². The van der Waals surface area contributed by atoms with E-state index in [4.69, 9.17) is 11.6 Å². The maximum atomic E-state index is 12.7. The summed E-state index contributed by atoms with van der Waals surface area (Å²) < 4.78 is 0. The topological polar surface area (TPSA) is 43.9 Å². The standard InChI is InChI=1S/C18H24ClN3O2/c1-2-15-7-3-4-9-21(15)17(23)13-20-10-11-22(18(20)24)16-8-5-6-14(19)12-16/h5-6,8,12,15H,2-4,7,9-11,13H2,1H3. The number of benzene rings is 1. The van der Waals surface area contributed by atoms with E-state index in [0.29, 0.717) is 24.2 Å². The van der Waals surface area contributed by atoms with Gasteiger partial charge in [-0.05, 0) is 43.9 Å². The number of likely N-dealkylation sites (tertiary alicyclic amines) is 1. The van der Waals surface area contributed by atoms with Crippen molar-refractivity contribution in [2.24, 2.45) is 0 Å². The van der Waals surface area contributed by atoms with Gasteiger partial charge < -0.3 is 9.80 Å². The molecule has 0 aromatic heterocycles. The number of rotatable bonds is 4. The molecule has 2 saturated heterocycles. The first-order valence-electron chi connectivity index (χ1n) is 8.71. The minimum Gasteiger partial charge on any atom is -0.338 e. The van der Waals surface area contributed by atoms with Crippen molar-refractivity contribution in [3.63, 3.8) is 0 Å². The van der Waals surface area contributed by atoms with E-state index in [2.05, 4.69) is 6.92 Å². The van der Waals surface area contributed by atoms with Gasteiger partial charge in [0.25, 0.3) is 0 Å². The maximum absolute atomic E-state index is 12.7. The summed E-state index contributed by atoms with van der Waals surface area (Å²) in [6.07, 6.45) is 4.30. The molecule has 2 fully saturated rings. The molecule has 0 bridgehead atoms. The second-order valence-corrected chi connectivity index (χ2v) is 6.92. The summed E-state index contributed by atoms with van der Waals surface area (Å²) in [5, 5.41) is 0.605. The number of hydrogen-bond acceptors (Lipinski definition) is 2. The Morgan fingerprint density at radius 2 is 2.08 bits per heavy atom. The minimum absolute atomic E-state index is 0.0721. The summed E-state index contributed by atoms with van der Waals surface area (Å²) in [7, 11) is 0. The number of nitrogens with zero attached hydrogens (tertiary/aromatic N) is 3. The minimum atomic E-state index is -0.115. The molecule has 0 spiro atoms. The van der Waals surface area contributed by atoms with Crippen LogP contribution in [0.25, 0.3) is 0 Å². The molecule has 6 heteroatoms. The smallest absolute Gasteiger partial charge is 0.325 e. The Balaban J connectivity index is 1.64. The highest BCUT2D eigenvalue weighted by Crippen LogP contribution is 2.24. The second kappa shape index (κ2) is 7.43. The zero-order chi connectivity index (χ0) is 17.1. The molecule has 1 aromatic carbocycles. The van der Waals surface area contributed by atoms with E-state index in [9.17, 15) is 9.59 Å². The van der Waals surface area contributed by atoms with Gasteiger partial charge in [0.1, 0.15) is 6.54 Å². The Bertz CT molecular complexity index is 622. The number of amides is 3. The van der Waals surface area contributed by atoms with E-state index >= 15 is 0 Å². The van der Waals surface area contributed by atoms with Crippen molar-refractivity contribution < 1.29 is 9.59 Å². The summed E-state index contributed by atoms with van der Waals surface area (Å²) >= 11 is 6.01. The Kier molecular flexibility index (Phi) is 5.29. The van der Waals surface area contributed by atoms with Gasteiger partial charge in [0, 0.05) is 36.4 Å². The van der Waals surface area contributed by atoms with Crippen molar-refractivity contribution >= 4 is 29.2 Å². The Hall–Kier alpha value is -1.75. The maximum Gasteiger partial charge on any atom is 0.325 e. The molecule has 1 atom stereocenters. The van der Waals surface area contributed by atoms with Gasteiger partial charge in [0.15, 0.2) is 0 Å². The fraction of sp³-hybridized carbons (Fsp3) is 0.556. The number of anilines is 1. The average molecular weight is 350 g/mol. The van der Waals surface area contributed by atoms with Crippen molar-refractivity contribution in [1.29, 1.82) is 0 Å². The lowest BCUT2D eigenvalue weighted by atomic mass is 10.00. The Labute approximate surface area is 148 Å². The van der Waals surface area contributed by atoms with E-state index < -0.39 is 0 Å². The van der Waals surface area contributed by atoms with Crippen LogP contribution in [0.4, 0.5) is 10.5 Å². The molecule has 3 amide bonds. The molecule has 5 nitrogen and oxygen atoms in total. The van der Waals surface area contributed by atoms with Gasteiger partial charge in [-0.25, -0.2) is 4.79 Å². The first-order chi connectivity index (χ1) is 11.6. The lowest BCUT2D eigenvalue weighted by Crippen LogP contribution is -2.48. The molecule has 0 saturated carbocycles. The zero-order valence-electron chi connectivity index (χ0n) is 14.1. The molecule has 3 rings (SSSR count). The number of halogens is 1. The normalized spacial score (nSPS) is 21.5. The fourth-order valence-electron chi connectivity index (χ4n) is 3.62. The van der Waals surface area contributed by atoms with Crippen molar-refractivity contribution in [1.82, 2.24) is 9.80 Å². The van der Waals surface area contributed by atoms with Crippen LogP contribution in [0, 0.1) is 0 Å². The summed E-state index contributed by atoms with van der Waals surface area (Å²) in [6.45, 7) is 4.27. The molecule has 2 aliphatic heterocycles. The molecule has 24 heavy (non-hydrogen) atoms. The van der Waals surface area contributed by atoms with Crippen LogP contribution in [0.2, 0.25) is 5.02 Å². The van der Waals surface area contributed by atoms with E-state index in [1.54, 1.807) is 21.9 Å². The molecule has 2 aliphatic rings. The van der Waals surface area contributed by atoms with Crippen molar-refractivity contribution in [3.8, 4) is 0 Å². The highest BCUT2D eigenvalue weighted by Gasteiger charge is 2.33. The van der Waals surface area contributed by atoms with E-state index in [1.807, 2.05) is 17.0 Å². The zero-order valence-corrected chi connectivity index (χ0v) is 14.8. The molecular weight excluding hydrogens is 326 g/mol. The van der Waals surface area contributed by atoms with Gasteiger partial charge in [-0.2, -0.15) is 0 Å². The van der Waals surface area contributed by atoms with E-state index in [0.717, 1.165) is 31.5 Å². The molecule has 1 unspecified atom stereocenters. The Morgan fingerprint density at radius 3 is 2.83 bits per heavy atom. The summed E-state index contributed by atoms with van der Waals surface area (Å²) in [4.78, 5) is 30.6. The number of carbonyl (C=O) groups is 2. The van der Waals surface area contributed by atoms with Crippen molar-refractivity contribution in [2.75, 3.05) is 31.1 Å². The second-order valence-electron chi connectivity index (χ2n) is 6.48. The predicted octanol–water partition coefficient (Wildman–Crippen LogP) is 3.37. The molecule has 1 aromatic rings. The number of piperidine rings is 1. The van der Waals surface area contributed by atoms with Gasteiger partial charge >= 0.3 is 6.03 Å². The van der Waals surface area contributed by atoms with E-state index in [1.165, 1.54) is 6.42 Å². The molecular formula is C18H24ClN3O2. The van der Waals surface area contributed by atoms with Crippen LogP contribution in [0.1, 0.15) is 32.6 Å². The van der Waals surface area contributed by atoms with Gasteiger partial charge in [0.05, 0.1) is 0 Å². The molecule has 0 aliphatic carbocycles. The van der Waals surface area contributed by atoms with Crippen molar-refractivity contribution in [3.05, 3.63) is 29.3 Å². The summed E-state index contributed by atoms with van der Waals surface area (Å²) in [5.41, 5.74) is 0.784. The molecule has 0 radical (unpaired) electrons. The van der Waals surface area contributed by atoms with Crippen LogP contribution in [0.3, 0.4) is 0 Å². The molecule has 130 valence electrons.